The first kappa shape index (κ1) is 20.4. The standard InChI is InChI=1S/C24H20INO4/c25-21-12-6-1-7-15(21)13-22(23(27)28)26-24(29)30-14-20-18-10-4-2-8-16(18)17-9-3-5-11-19(17)20/h1-12,20,22H,13-14H2,(H,26,29)(H,27,28). The highest BCUT2D eigenvalue weighted by atomic mass is 127. The number of carboxylic acid groups (broad SMARTS) is 1. The number of carbonyl (C=O) groups excluding carboxylic acids is 1. The van der Waals surface area contributed by atoms with E-state index < -0.39 is 18.1 Å². The summed E-state index contributed by atoms with van der Waals surface area (Å²) in [4.78, 5) is 24.1. The molecule has 0 aromatic heterocycles. The molecular weight excluding hydrogens is 493 g/mol. The molecule has 2 N–H and O–H groups in total. The van der Waals surface area contributed by atoms with E-state index in [4.69, 9.17) is 4.74 Å². The van der Waals surface area contributed by atoms with Crippen LogP contribution in [-0.4, -0.2) is 29.8 Å². The normalized spacial score (nSPS) is 13.2. The number of rotatable bonds is 6. The van der Waals surface area contributed by atoms with Crippen LogP contribution in [0.15, 0.2) is 72.8 Å². The molecule has 0 heterocycles. The number of hydrogen-bond donors (Lipinski definition) is 2. The lowest BCUT2D eigenvalue weighted by atomic mass is 9.98. The minimum Gasteiger partial charge on any atom is -0.480 e. The molecule has 1 aliphatic carbocycles. The maximum Gasteiger partial charge on any atom is 0.407 e. The van der Waals surface area contributed by atoms with Crippen LogP contribution in [0.3, 0.4) is 0 Å². The molecule has 1 atom stereocenters. The van der Waals surface area contributed by atoms with Gasteiger partial charge < -0.3 is 15.2 Å². The van der Waals surface area contributed by atoms with Crippen molar-refractivity contribution in [3.8, 4) is 11.1 Å². The van der Waals surface area contributed by atoms with Crippen molar-refractivity contribution in [1.29, 1.82) is 0 Å². The first-order valence-electron chi connectivity index (χ1n) is 9.62. The molecule has 152 valence electrons. The van der Waals surface area contributed by atoms with Gasteiger partial charge in [0.15, 0.2) is 0 Å². The number of aliphatic carboxylic acids is 1. The highest BCUT2D eigenvalue weighted by Crippen LogP contribution is 2.44. The van der Waals surface area contributed by atoms with Crippen molar-refractivity contribution < 1.29 is 19.4 Å². The Morgan fingerprint density at radius 2 is 1.50 bits per heavy atom. The van der Waals surface area contributed by atoms with E-state index in [9.17, 15) is 14.7 Å². The van der Waals surface area contributed by atoms with Crippen LogP contribution in [0.5, 0.6) is 0 Å². The number of carboxylic acids is 1. The Hall–Kier alpha value is -2.87. The van der Waals surface area contributed by atoms with Gasteiger partial charge in [0.25, 0.3) is 0 Å². The fourth-order valence-electron chi connectivity index (χ4n) is 3.87. The van der Waals surface area contributed by atoms with Crippen molar-refractivity contribution in [2.75, 3.05) is 6.61 Å². The van der Waals surface area contributed by atoms with Crippen molar-refractivity contribution in [1.82, 2.24) is 5.32 Å². The molecular formula is C24H20INO4. The topological polar surface area (TPSA) is 75.6 Å². The fraction of sp³-hybridized carbons (Fsp3) is 0.167. The van der Waals surface area contributed by atoms with Crippen molar-refractivity contribution in [3.63, 3.8) is 0 Å². The van der Waals surface area contributed by atoms with E-state index in [1.165, 1.54) is 0 Å². The summed E-state index contributed by atoms with van der Waals surface area (Å²) in [5, 5.41) is 12.0. The first-order valence-corrected chi connectivity index (χ1v) is 10.7. The van der Waals surface area contributed by atoms with Crippen LogP contribution in [-0.2, 0) is 16.0 Å². The number of halogens is 1. The number of alkyl carbamates (subject to hydrolysis) is 1. The molecule has 4 rings (SSSR count). The summed E-state index contributed by atoms with van der Waals surface area (Å²) in [6.07, 6.45) is -0.534. The average Bonchev–Trinajstić information content (AvgIpc) is 3.07. The molecule has 5 nitrogen and oxygen atoms in total. The molecule has 1 unspecified atom stereocenters. The Balaban J connectivity index is 1.44. The van der Waals surface area contributed by atoms with E-state index in [2.05, 4.69) is 40.0 Å². The van der Waals surface area contributed by atoms with Gasteiger partial charge in [0.1, 0.15) is 12.6 Å². The van der Waals surface area contributed by atoms with E-state index in [1.54, 1.807) is 0 Å². The Labute approximate surface area is 188 Å². The minimum atomic E-state index is -1.09. The quantitative estimate of drug-likeness (QED) is 0.464. The number of benzene rings is 3. The third-order valence-electron chi connectivity index (χ3n) is 5.32. The number of hydrogen-bond acceptors (Lipinski definition) is 3. The SMILES string of the molecule is O=C(NC(Cc1ccccc1I)C(=O)O)OCC1c2ccccc2-c2ccccc21. The van der Waals surface area contributed by atoms with E-state index in [0.29, 0.717) is 0 Å². The number of ether oxygens (including phenoxy) is 1. The largest absolute Gasteiger partial charge is 0.480 e. The van der Waals surface area contributed by atoms with Gasteiger partial charge in [-0.3, -0.25) is 0 Å². The zero-order chi connectivity index (χ0) is 21.1. The Morgan fingerprint density at radius 1 is 0.933 bits per heavy atom. The number of nitrogens with one attached hydrogen (secondary N) is 1. The molecule has 0 fully saturated rings. The van der Waals surface area contributed by atoms with Gasteiger partial charge in [-0.1, -0.05) is 66.7 Å². The van der Waals surface area contributed by atoms with Gasteiger partial charge >= 0.3 is 12.1 Å². The molecule has 1 amide bonds. The maximum atomic E-state index is 12.4. The average molecular weight is 513 g/mol. The van der Waals surface area contributed by atoms with Crippen LogP contribution in [0.2, 0.25) is 0 Å². The lowest BCUT2D eigenvalue weighted by Crippen LogP contribution is -2.43. The van der Waals surface area contributed by atoms with Crippen molar-refractivity contribution in [2.24, 2.45) is 0 Å². The van der Waals surface area contributed by atoms with E-state index in [0.717, 1.165) is 31.4 Å². The van der Waals surface area contributed by atoms with Crippen molar-refractivity contribution >= 4 is 34.7 Å². The highest BCUT2D eigenvalue weighted by Gasteiger charge is 2.29. The van der Waals surface area contributed by atoms with Gasteiger partial charge in [0, 0.05) is 15.9 Å². The summed E-state index contributed by atoms with van der Waals surface area (Å²) in [6, 6.07) is 22.6. The maximum absolute atomic E-state index is 12.4. The second-order valence-corrected chi connectivity index (χ2v) is 8.32. The van der Waals surface area contributed by atoms with Crippen molar-refractivity contribution in [2.45, 2.75) is 18.4 Å². The van der Waals surface area contributed by atoms with Crippen LogP contribution < -0.4 is 5.32 Å². The summed E-state index contributed by atoms with van der Waals surface area (Å²) < 4.78 is 6.43. The predicted octanol–water partition coefficient (Wildman–Crippen LogP) is 4.83. The summed E-state index contributed by atoms with van der Waals surface area (Å²) in [5.41, 5.74) is 5.37. The van der Waals surface area contributed by atoms with Crippen LogP contribution in [0.4, 0.5) is 4.79 Å². The van der Waals surface area contributed by atoms with Crippen LogP contribution in [0.25, 0.3) is 11.1 Å². The highest BCUT2D eigenvalue weighted by molar-refractivity contribution is 14.1. The summed E-state index contributed by atoms with van der Waals surface area (Å²) in [6.45, 7) is 0.148. The zero-order valence-corrected chi connectivity index (χ0v) is 18.2. The molecule has 0 saturated carbocycles. The number of carbonyl (C=O) groups is 2. The molecule has 0 saturated heterocycles. The summed E-state index contributed by atoms with van der Waals surface area (Å²) in [7, 11) is 0. The molecule has 1 aliphatic rings. The molecule has 6 heteroatoms. The van der Waals surface area contributed by atoms with Gasteiger partial charge in [0.2, 0.25) is 0 Å². The molecule has 3 aromatic carbocycles. The third kappa shape index (κ3) is 4.18. The van der Waals surface area contributed by atoms with Crippen LogP contribution in [0.1, 0.15) is 22.6 Å². The monoisotopic (exact) mass is 513 g/mol. The Kier molecular flexibility index (Phi) is 6.03. The Bertz CT molecular complexity index is 1050. The van der Waals surface area contributed by atoms with Crippen LogP contribution >= 0.6 is 22.6 Å². The van der Waals surface area contributed by atoms with Gasteiger partial charge in [-0.15, -0.1) is 0 Å². The second kappa shape index (κ2) is 8.87. The van der Waals surface area contributed by atoms with Crippen LogP contribution in [0, 0.1) is 3.57 Å². The lowest BCUT2D eigenvalue weighted by molar-refractivity contribution is -0.139. The van der Waals surface area contributed by atoms with Crippen molar-refractivity contribution in [3.05, 3.63) is 93.1 Å². The molecule has 3 aromatic rings. The Morgan fingerprint density at radius 3 is 2.10 bits per heavy atom. The second-order valence-electron chi connectivity index (χ2n) is 7.16. The third-order valence-corrected chi connectivity index (χ3v) is 6.37. The van der Waals surface area contributed by atoms with E-state index in [1.807, 2.05) is 60.7 Å². The van der Waals surface area contributed by atoms with Gasteiger partial charge in [0.05, 0.1) is 0 Å². The first-order chi connectivity index (χ1) is 14.5. The summed E-state index contributed by atoms with van der Waals surface area (Å²) >= 11 is 2.16. The number of amides is 1. The predicted molar refractivity (Wildman–Crippen MR) is 122 cm³/mol. The zero-order valence-electron chi connectivity index (χ0n) is 16.0. The number of fused-ring (bicyclic) bond motifs is 3. The van der Waals surface area contributed by atoms with E-state index >= 15 is 0 Å². The molecule has 0 aliphatic heterocycles. The minimum absolute atomic E-state index is 0.0681. The molecule has 30 heavy (non-hydrogen) atoms. The smallest absolute Gasteiger partial charge is 0.407 e. The van der Waals surface area contributed by atoms with Gasteiger partial charge in [-0.2, -0.15) is 0 Å². The fourth-order valence-corrected chi connectivity index (χ4v) is 4.47. The lowest BCUT2D eigenvalue weighted by Gasteiger charge is -2.18. The van der Waals surface area contributed by atoms with E-state index in [-0.39, 0.29) is 18.9 Å². The summed E-state index contributed by atoms with van der Waals surface area (Å²) in [5.74, 6) is -1.16. The van der Waals surface area contributed by atoms with Gasteiger partial charge in [-0.05, 0) is 56.5 Å². The van der Waals surface area contributed by atoms with Gasteiger partial charge in [-0.25, -0.2) is 9.59 Å². The molecule has 0 radical (unpaired) electrons. The molecule has 0 spiro atoms. The molecule has 0 bridgehead atoms.